The Morgan fingerprint density at radius 3 is 2.24 bits per heavy atom. The second-order valence-corrected chi connectivity index (χ2v) is 12.6. The standard InChI is InChI=1S/C33H40O8/c1-9-11-18-12-13-20-16(5)31(7)21(14-19(35)10-2)32(8)24(15(3)4)27(37)22(17(6)34)29(39)33(32,41)30(40)25(31)28(38)23(20)26(18)36/h9,12-13,15-16,21,24,36-37,40-41H,1,10-11,14H2,2-8H3/t16-,21-,24?,31-,32-,33+/m1/s1. The molecule has 220 valence electrons. The van der Waals surface area contributed by atoms with E-state index < -0.39 is 74.5 Å². The second kappa shape index (κ2) is 9.79. The van der Waals surface area contributed by atoms with Gasteiger partial charge in [0.05, 0.1) is 5.56 Å². The first-order valence-corrected chi connectivity index (χ1v) is 14.2. The number of phenolic OH excluding ortho intramolecular Hbond substituents is 1. The molecular formula is C33H40O8. The molecule has 0 amide bonds. The molecule has 4 rings (SSSR count). The van der Waals surface area contributed by atoms with Crippen LogP contribution in [0.15, 0.2) is 47.5 Å². The van der Waals surface area contributed by atoms with Gasteiger partial charge in [0.15, 0.2) is 17.2 Å². The molecule has 1 unspecified atom stereocenters. The number of phenols is 1. The van der Waals surface area contributed by atoms with Crippen molar-refractivity contribution < 1.29 is 39.6 Å². The smallest absolute Gasteiger partial charge is 0.209 e. The summed E-state index contributed by atoms with van der Waals surface area (Å²) in [6.07, 6.45) is 1.85. The summed E-state index contributed by atoms with van der Waals surface area (Å²) in [4.78, 5) is 54.4. The van der Waals surface area contributed by atoms with Crippen molar-refractivity contribution in [2.45, 2.75) is 79.2 Å². The molecule has 1 aromatic rings. The molecule has 0 aliphatic heterocycles. The minimum atomic E-state index is -2.80. The summed E-state index contributed by atoms with van der Waals surface area (Å²) in [5.41, 5.74) is -5.80. The van der Waals surface area contributed by atoms with Crippen molar-refractivity contribution in [3.05, 3.63) is 64.1 Å². The number of allylic oxidation sites excluding steroid dienone is 3. The average Bonchev–Trinajstić information content (AvgIpc) is 2.88. The number of fused-ring (bicyclic) bond motifs is 3. The lowest BCUT2D eigenvalue weighted by Crippen LogP contribution is -2.71. The van der Waals surface area contributed by atoms with Crippen LogP contribution in [0.25, 0.3) is 0 Å². The van der Waals surface area contributed by atoms with Crippen LogP contribution in [0.5, 0.6) is 5.75 Å². The van der Waals surface area contributed by atoms with Crippen LogP contribution in [0.1, 0.15) is 88.7 Å². The van der Waals surface area contributed by atoms with E-state index in [-0.39, 0.29) is 41.9 Å². The Morgan fingerprint density at radius 2 is 1.73 bits per heavy atom. The number of aliphatic hydroxyl groups excluding tert-OH is 2. The highest BCUT2D eigenvalue weighted by Crippen LogP contribution is 2.71. The maximum atomic E-state index is 14.4. The zero-order chi connectivity index (χ0) is 31.0. The molecule has 3 aliphatic carbocycles. The summed E-state index contributed by atoms with van der Waals surface area (Å²) >= 11 is 0. The first-order valence-electron chi connectivity index (χ1n) is 14.2. The lowest BCUT2D eigenvalue weighted by atomic mass is 9.38. The van der Waals surface area contributed by atoms with Gasteiger partial charge in [0, 0.05) is 35.2 Å². The quantitative estimate of drug-likeness (QED) is 0.260. The fraction of sp³-hybridized carbons (Fsp3) is 0.515. The van der Waals surface area contributed by atoms with Crippen LogP contribution in [0.3, 0.4) is 0 Å². The third-order valence-electron chi connectivity index (χ3n) is 10.4. The van der Waals surface area contributed by atoms with Gasteiger partial charge in [-0.1, -0.05) is 59.8 Å². The number of hydrogen-bond donors (Lipinski definition) is 4. The summed E-state index contributed by atoms with van der Waals surface area (Å²) in [5.74, 6) is -7.59. The largest absolute Gasteiger partial charge is 0.511 e. The molecule has 0 fully saturated rings. The molecule has 8 heteroatoms. The number of aliphatic hydroxyl groups is 3. The van der Waals surface area contributed by atoms with Gasteiger partial charge < -0.3 is 20.4 Å². The van der Waals surface area contributed by atoms with Gasteiger partial charge in [0.2, 0.25) is 5.78 Å². The van der Waals surface area contributed by atoms with Crippen LogP contribution in [0.4, 0.5) is 0 Å². The van der Waals surface area contributed by atoms with Gasteiger partial charge in [-0.2, -0.15) is 0 Å². The number of ketones is 4. The van der Waals surface area contributed by atoms with Gasteiger partial charge >= 0.3 is 0 Å². The number of hydrogen-bond acceptors (Lipinski definition) is 8. The topological polar surface area (TPSA) is 149 Å². The van der Waals surface area contributed by atoms with E-state index in [0.29, 0.717) is 11.1 Å². The molecule has 0 saturated carbocycles. The van der Waals surface area contributed by atoms with Crippen molar-refractivity contribution in [3.8, 4) is 5.75 Å². The minimum absolute atomic E-state index is 0.0440. The molecule has 41 heavy (non-hydrogen) atoms. The molecule has 4 N–H and O–H groups in total. The molecule has 0 spiro atoms. The molecule has 8 nitrogen and oxygen atoms in total. The maximum absolute atomic E-state index is 14.4. The summed E-state index contributed by atoms with van der Waals surface area (Å²) in [5, 5.41) is 47.2. The van der Waals surface area contributed by atoms with Crippen molar-refractivity contribution in [1.82, 2.24) is 0 Å². The van der Waals surface area contributed by atoms with Crippen LogP contribution < -0.4 is 0 Å². The van der Waals surface area contributed by atoms with Crippen LogP contribution in [0, 0.1) is 28.6 Å². The van der Waals surface area contributed by atoms with Crippen LogP contribution in [0.2, 0.25) is 0 Å². The van der Waals surface area contributed by atoms with Gasteiger partial charge in [-0.25, -0.2) is 0 Å². The number of rotatable bonds is 7. The molecule has 0 heterocycles. The normalized spacial score (nSPS) is 33.0. The van der Waals surface area contributed by atoms with Gasteiger partial charge in [-0.05, 0) is 42.2 Å². The summed E-state index contributed by atoms with van der Waals surface area (Å²) in [7, 11) is 0. The van der Waals surface area contributed by atoms with E-state index in [1.807, 2.05) is 6.92 Å². The van der Waals surface area contributed by atoms with Crippen molar-refractivity contribution in [2.75, 3.05) is 0 Å². The van der Waals surface area contributed by atoms with Crippen molar-refractivity contribution in [2.24, 2.45) is 28.6 Å². The lowest BCUT2D eigenvalue weighted by molar-refractivity contribution is -0.193. The third kappa shape index (κ3) is 3.62. The van der Waals surface area contributed by atoms with E-state index in [1.54, 1.807) is 52.8 Å². The number of carbonyl (C=O) groups excluding carboxylic acids is 4. The predicted octanol–water partition coefficient (Wildman–Crippen LogP) is 5.23. The summed E-state index contributed by atoms with van der Waals surface area (Å²) in [6.45, 7) is 15.1. The van der Waals surface area contributed by atoms with Crippen LogP contribution >= 0.6 is 0 Å². The third-order valence-corrected chi connectivity index (χ3v) is 10.4. The van der Waals surface area contributed by atoms with Gasteiger partial charge in [-0.15, -0.1) is 6.58 Å². The van der Waals surface area contributed by atoms with Gasteiger partial charge in [0.25, 0.3) is 0 Å². The highest BCUT2D eigenvalue weighted by molar-refractivity contribution is 6.25. The lowest BCUT2D eigenvalue weighted by Gasteiger charge is -2.65. The van der Waals surface area contributed by atoms with Crippen LogP contribution in [-0.2, 0) is 20.8 Å². The average molecular weight is 565 g/mol. The zero-order valence-corrected chi connectivity index (χ0v) is 24.8. The monoisotopic (exact) mass is 564 g/mol. The number of aromatic hydroxyl groups is 1. The van der Waals surface area contributed by atoms with Gasteiger partial charge in [0.1, 0.15) is 28.6 Å². The predicted molar refractivity (Wildman–Crippen MR) is 153 cm³/mol. The summed E-state index contributed by atoms with van der Waals surface area (Å²) in [6, 6.07) is 3.45. The molecule has 0 bridgehead atoms. The Morgan fingerprint density at radius 1 is 1.12 bits per heavy atom. The Labute approximate surface area is 240 Å². The molecule has 3 aliphatic rings. The van der Waals surface area contributed by atoms with Crippen LogP contribution in [-0.4, -0.2) is 49.2 Å². The number of benzene rings is 1. The van der Waals surface area contributed by atoms with E-state index in [0.717, 1.165) is 6.92 Å². The highest BCUT2D eigenvalue weighted by atomic mass is 16.4. The van der Waals surface area contributed by atoms with E-state index >= 15 is 0 Å². The molecule has 1 aromatic carbocycles. The Kier molecular flexibility index (Phi) is 7.27. The Hall–Kier alpha value is -3.52. The maximum Gasteiger partial charge on any atom is 0.209 e. The van der Waals surface area contributed by atoms with E-state index in [1.165, 1.54) is 0 Å². The Bertz CT molecular complexity index is 1460. The molecular weight excluding hydrogens is 524 g/mol. The van der Waals surface area contributed by atoms with Crippen molar-refractivity contribution in [1.29, 1.82) is 0 Å². The Balaban J connectivity index is 2.21. The zero-order valence-electron chi connectivity index (χ0n) is 24.8. The minimum Gasteiger partial charge on any atom is -0.511 e. The first-order chi connectivity index (χ1) is 19.0. The SMILES string of the molecule is C=CCc1ccc2c(c1O)C(=O)C1=C(O)[C@@]3(O)C(=O)C(C(C)=O)=C(O)C(C(C)C)[C@@]3(C)[C@H](CC(=O)CC)[C@@]1(C)[C@@H]2C. The second-order valence-electron chi connectivity index (χ2n) is 12.6. The van der Waals surface area contributed by atoms with Gasteiger partial charge in [-0.3, -0.25) is 19.2 Å². The van der Waals surface area contributed by atoms with E-state index in [9.17, 15) is 39.6 Å². The molecule has 0 saturated heterocycles. The summed E-state index contributed by atoms with van der Waals surface area (Å²) < 4.78 is 0. The van der Waals surface area contributed by atoms with E-state index in [4.69, 9.17) is 0 Å². The van der Waals surface area contributed by atoms with E-state index in [2.05, 4.69) is 6.58 Å². The fourth-order valence-electron chi connectivity index (χ4n) is 8.30. The molecule has 6 atom stereocenters. The first kappa shape index (κ1) is 30.4. The fourth-order valence-corrected chi connectivity index (χ4v) is 8.30. The molecule has 0 aromatic heterocycles. The van der Waals surface area contributed by atoms with Crippen molar-refractivity contribution in [3.63, 3.8) is 0 Å². The van der Waals surface area contributed by atoms with Crippen molar-refractivity contribution >= 4 is 23.1 Å². The number of carbonyl (C=O) groups is 4. The molecule has 0 radical (unpaired) electrons. The highest BCUT2D eigenvalue weighted by Gasteiger charge is 2.75. The number of Topliss-reactive ketones (excluding diaryl/α,β-unsaturated/α-hetero) is 4.